The summed E-state index contributed by atoms with van der Waals surface area (Å²) in [7, 11) is 0. The third kappa shape index (κ3) is 3.77. The highest BCUT2D eigenvalue weighted by molar-refractivity contribution is 5.96. The molecule has 2 aromatic carbocycles. The van der Waals surface area contributed by atoms with Crippen LogP contribution in [-0.4, -0.2) is 11.1 Å². The maximum Gasteiger partial charge on any atom is 0.340 e. The SMILES string of the molecule is Cc1cc(COC(=O)c2ccccc2Nc2ccccc2)on1. The summed E-state index contributed by atoms with van der Waals surface area (Å²) < 4.78 is 10.3. The fraction of sp³-hybridized carbons (Fsp3) is 0.111. The first-order chi connectivity index (χ1) is 11.2. The van der Waals surface area contributed by atoms with Gasteiger partial charge in [-0.05, 0) is 31.2 Å². The van der Waals surface area contributed by atoms with Gasteiger partial charge in [-0.25, -0.2) is 4.79 Å². The van der Waals surface area contributed by atoms with Crippen molar-refractivity contribution >= 4 is 17.3 Å². The van der Waals surface area contributed by atoms with Gasteiger partial charge in [-0.2, -0.15) is 0 Å². The number of ether oxygens (including phenoxy) is 1. The van der Waals surface area contributed by atoms with E-state index in [-0.39, 0.29) is 6.61 Å². The lowest BCUT2D eigenvalue weighted by atomic mass is 10.1. The number of nitrogens with one attached hydrogen (secondary N) is 1. The average molecular weight is 308 g/mol. The number of anilines is 2. The Bertz CT molecular complexity index is 797. The van der Waals surface area contributed by atoms with E-state index >= 15 is 0 Å². The van der Waals surface area contributed by atoms with Crippen LogP contribution in [0.25, 0.3) is 0 Å². The van der Waals surface area contributed by atoms with Crippen LogP contribution < -0.4 is 5.32 Å². The number of hydrogen-bond donors (Lipinski definition) is 1. The van der Waals surface area contributed by atoms with Gasteiger partial charge in [0.15, 0.2) is 12.4 Å². The van der Waals surface area contributed by atoms with E-state index in [2.05, 4.69) is 10.5 Å². The highest BCUT2D eigenvalue weighted by atomic mass is 16.5. The van der Waals surface area contributed by atoms with Crippen LogP contribution in [0.3, 0.4) is 0 Å². The Morgan fingerprint density at radius 1 is 1.13 bits per heavy atom. The van der Waals surface area contributed by atoms with Gasteiger partial charge in [-0.1, -0.05) is 35.5 Å². The van der Waals surface area contributed by atoms with Crippen molar-refractivity contribution < 1.29 is 14.1 Å². The number of rotatable bonds is 5. The van der Waals surface area contributed by atoms with E-state index < -0.39 is 5.97 Å². The fourth-order valence-electron chi connectivity index (χ4n) is 2.15. The predicted molar refractivity (Wildman–Crippen MR) is 86.5 cm³/mol. The summed E-state index contributed by atoms with van der Waals surface area (Å²) in [5, 5.41) is 6.98. The Kier molecular flexibility index (Phi) is 4.38. The molecule has 116 valence electrons. The maximum atomic E-state index is 12.3. The Hall–Kier alpha value is -3.08. The normalized spacial score (nSPS) is 10.3. The molecule has 0 aliphatic rings. The Labute approximate surface area is 133 Å². The zero-order chi connectivity index (χ0) is 16.1. The van der Waals surface area contributed by atoms with Crippen molar-refractivity contribution in [1.82, 2.24) is 5.16 Å². The van der Waals surface area contributed by atoms with Gasteiger partial charge in [0.1, 0.15) is 0 Å². The minimum Gasteiger partial charge on any atom is -0.454 e. The smallest absolute Gasteiger partial charge is 0.340 e. The molecule has 0 radical (unpaired) electrons. The maximum absolute atomic E-state index is 12.3. The van der Waals surface area contributed by atoms with Gasteiger partial charge < -0.3 is 14.6 Å². The van der Waals surface area contributed by atoms with Gasteiger partial charge in [0.2, 0.25) is 0 Å². The molecule has 23 heavy (non-hydrogen) atoms. The van der Waals surface area contributed by atoms with E-state index in [1.165, 1.54) is 0 Å². The van der Waals surface area contributed by atoms with Crippen molar-refractivity contribution in [2.75, 3.05) is 5.32 Å². The molecule has 0 spiro atoms. The van der Waals surface area contributed by atoms with Crippen molar-refractivity contribution in [2.24, 2.45) is 0 Å². The lowest BCUT2D eigenvalue weighted by molar-refractivity contribution is 0.0438. The third-order valence-electron chi connectivity index (χ3n) is 3.22. The van der Waals surface area contributed by atoms with Crippen LogP contribution in [0.2, 0.25) is 0 Å². The molecule has 0 bridgehead atoms. The molecule has 3 aromatic rings. The highest BCUT2D eigenvalue weighted by Gasteiger charge is 2.14. The Morgan fingerprint density at radius 2 is 1.87 bits per heavy atom. The summed E-state index contributed by atoms with van der Waals surface area (Å²) in [6.07, 6.45) is 0. The van der Waals surface area contributed by atoms with Gasteiger partial charge in [-0.3, -0.25) is 0 Å². The number of esters is 1. The molecule has 0 unspecified atom stereocenters. The highest BCUT2D eigenvalue weighted by Crippen LogP contribution is 2.21. The number of carbonyl (C=O) groups is 1. The molecule has 0 saturated carbocycles. The second-order valence-corrected chi connectivity index (χ2v) is 5.05. The van der Waals surface area contributed by atoms with Crippen molar-refractivity contribution in [2.45, 2.75) is 13.5 Å². The number of benzene rings is 2. The first-order valence-electron chi connectivity index (χ1n) is 7.23. The van der Waals surface area contributed by atoms with Crippen molar-refractivity contribution in [1.29, 1.82) is 0 Å². The Balaban J connectivity index is 1.72. The first kappa shape index (κ1) is 14.8. The topological polar surface area (TPSA) is 64.4 Å². The molecule has 5 heteroatoms. The molecule has 1 N–H and O–H groups in total. The molecular formula is C18H16N2O3. The molecule has 3 rings (SSSR count). The van der Waals surface area contributed by atoms with Gasteiger partial charge in [0.25, 0.3) is 0 Å². The molecule has 0 fully saturated rings. The lowest BCUT2D eigenvalue weighted by Crippen LogP contribution is -2.08. The molecule has 0 amide bonds. The van der Waals surface area contributed by atoms with E-state index in [9.17, 15) is 4.79 Å². The average Bonchev–Trinajstić information content (AvgIpc) is 3.00. The second-order valence-electron chi connectivity index (χ2n) is 5.05. The van der Waals surface area contributed by atoms with Crippen molar-refractivity contribution in [3.8, 4) is 0 Å². The van der Waals surface area contributed by atoms with E-state index in [4.69, 9.17) is 9.26 Å². The standard InChI is InChI=1S/C18H16N2O3/c1-13-11-15(23-20-13)12-22-18(21)16-9-5-6-10-17(16)19-14-7-3-2-4-8-14/h2-11,19H,12H2,1H3. The predicted octanol–water partition coefficient (Wildman–Crippen LogP) is 4.08. The zero-order valence-corrected chi connectivity index (χ0v) is 12.7. The van der Waals surface area contributed by atoms with Crippen LogP contribution in [0, 0.1) is 6.92 Å². The monoisotopic (exact) mass is 308 g/mol. The van der Waals surface area contributed by atoms with E-state index in [0.717, 1.165) is 11.4 Å². The molecule has 1 heterocycles. The molecule has 0 atom stereocenters. The minimum atomic E-state index is -0.418. The van der Waals surface area contributed by atoms with Crippen molar-refractivity contribution in [3.05, 3.63) is 77.7 Å². The Morgan fingerprint density at radius 3 is 2.61 bits per heavy atom. The molecular weight excluding hydrogens is 292 g/mol. The fourth-order valence-corrected chi connectivity index (χ4v) is 2.15. The largest absolute Gasteiger partial charge is 0.454 e. The summed E-state index contributed by atoms with van der Waals surface area (Å²) in [5.41, 5.74) is 2.81. The van der Waals surface area contributed by atoms with E-state index in [1.807, 2.05) is 49.4 Å². The van der Waals surface area contributed by atoms with Crippen molar-refractivity contribution in [3.63, 3.8) is 0 Å². The quantitative estimate of drug-likeness (QED) is 0.719. The van der Waals surface area contributed by atoms with E-state index in [1.54, 1.807) is 18.2 Å². The van der Waals surface area contributed by atoms with Crippen LogP contribution in [-0.2, 0) is 11.3 Å². The third-order valence-corrected chi connectivity index (χ3v) is 3.22. The van der Waals surface area contributed by atoms with Gasteiger partial charge in [-0.15, -0.1) is 0 Å². The molecule has 0 aliphatic carbocycles. The van der Waals surface area contributed by atoms with E-state index in [0.29, 0.717) is 17.0 Å². The van der Waals surface area contributed by atoms with Gasteiger partial charge in [0, 0.05) is 11.8 Å². The van der Waals surface area contributed by atoms with Crippen LogP contribution >= 0.6 is 0 Å². The molecule has 0 aliphatic heterocycles. The molecule has 5 nitrogen and oxygen atoms in total. The number of carbonyl (C=O) groups excluding carboxylic acids is 1. The summed E-state index contributed by atoms with van der Waals surface area (Å²) in [6, 6.07) is 18.6. The van der Waals surface area contributed by atoms with Crippen LogP contribution in [0.4, 0.5) is 11.4 Å². The second kappa shape index (κ2) is 6.79. The van der Waals surface area contributed by atoms with Gasteiger partial charge >= 0.3 is 5.97 Å². The van der Waals surface area contributed by atoms with Crippen LogP contribution in [0.1, 0.15) is 21.8 Å². The molecule has 0 saturated heterocycles. The van der Waals surface area contributed by atoms with Crippen LogP contribution in [0.5, 0.6) is 0 Å². The number of para-hydroxylation sites is 2. The first-order valence-corrected chi connectivity index (χ1v) is 7.23. The summed E-state index contributed by atoms with van der Waals surface area (Å²) >= 11 is 0. The minimum absolute atomic E-state index is 0.0549. The number of aromatic nitrogens is 1. The number of hydrogen-bond acceptors (Lipinski definition) is 5. The summed E-state index contributed by atoms with van der Waals surface area (Å²) in [5.74, 6) is 0.0995. The van der Waals surface area contributed by atoms with Gasteiger partial charge in [0.05, 0.1) is 16.9 Å². The number of aryl methyl sites for hydroxylation is 1. The molecule has 1 aromatic heterocycles. The van der Waals surface area contributed by atoms with Crippen LogP contribution in [0.15, 0.2) is 65.2 Å². The number of nitrogens with zero attached hydrogens (tertiary/aromatic N) is 1. The lowest BCUT2D eigenvalue weighted by Gasteiger charge is -2.11. The summed E-state index contributed by atoms with van der Waals surface area (Å²) in [4.78, 5) is 12.3. The zero-order valence-electron chi connectivity index (χ0n) is 12.7. The summed E-state index contributed by atoms with van der Waals surface area (Å²) in [6.45, 7) is 1.87.